The highest BCUT2D eigenvalue weighted by atomic mass is 35.5. The number of benzene rings is 3. The fourth-order valence-corrected chi connectivity index (χ4v) is 3.43. The maximum atomic E-state index is 13.2. The summed E-state index contributed by atoms with van der Waals surface area (Å²) in [6, 6.07) is 23.5. The van der Waals surface area contributed by atoms with Crippen LogP contribution in [0.5, 0.6) is 0 Å². The van der Waals surface area contributed by atoms with E-state index in [2.05, 4.69) is 5.32 Å². The monoisotopic (exact) mass is 454 g/mol. The summed E-state index contributed by atoms with van der Waals surface area (Å²) in [6.07, 6.45) is 0.193. The van der Waals surface area contributed by atoms with Crippen molar-refractivity contribution in [3.63, 3.8) is 0 Å². The Morgan fingerprint density at radius 3 is 1.94 bits per heavy atom. The van der Waals surface area contributed by atoms with E-state index in [9.17, 15) is 9.59 Å². The molecule has 0 saturated carbocycles. The first-order chi connectivity index (χ1) is 14.9. The molecule has 0 spiro atoms. The Bertz CT molecular complexity index is 1010. The van der Waals surface area contributed by atoms with Gasteiger partial charge in [0.2, 0.25) is 11.8 Å². The average molecular weight is 455 g/mol. The molecule has 1 atom stereocenters. The molecule has 4 nitrogen and oxygen atoms in total. The van der Waals surface area contributed by atoms with Gasteiger partial charge in [-0.05, 0) is 47.9 Å². The Kier molecular flexibility index (Phi) is 8.10. The molecule has 0 saturated heterocycles. The lowest BCUT2D eigenvalue weighted by molar-refractivity contribution is -0.140. The third-order valence-corrected chi connectivity index (χ3v) is 5.52. The van der Waals surface area contributed by atoms with Gasteiger partial charge in [-0.15, -0.1) is 0 Å². The molecule has 160 valence electrons. The Balaban J connectivity index is 1.72. The molecule has 0 bridgehead atoms. The van der Waals surface area contributed by atoms with Crippen LogP contribution in [0.25, 0.3) is 0 Å². The van der Waals surface area contributed by atoms with Gasteiger partial charge in [-0.25, -0.2) is 0 Å². The van der Waals surface area contributed by atoms with Gasteiger partial charge in [-0.2, -0.15) is 0 Å². The van der Waals surface area contributed by atoms with E-state index in [1.54, 1.807) is 36.1 Å². The van der Waals surface area contributed by atoms with Crippen LogP contribution in [-0.2, 0) is 29.1 Å². The zero-order valence-electron chi connectivity index (χ0n) is 17.2. The van der Waals surface area contributed by atoms with Crippen LogP contribution < -0.4 is 5.32 Å². The van der Waals surface area contributed by atoms with Crippen LogP contribution in [0.2, 0.25) is 10.0 Å². The highest BCUT2D eigenvalue weighted by molar-refractivity contribution is 6.30. The minimum Gasteiger partial charge on any atom is -0.350 e. The van der Waals surface area contributed by atoms with Crippen LogP contribution in [0.1, 0.15) is 23.6 Å². The Labute approximate surface area is 192 Å². The fourth-order valence-electron chi connectivity index (χ4n) is 3.18. The van der Waals surface area contributed by atoms with Crippen molar-refractivity contribution in [1.29, 1.82) is 0 Å². The Hall–Kier alpha value is -2.82. The van der Waals surface area contributed by atoms with E-state index in [4.69, 9.17) is 23.2 Å². The summed E-state index contributed by atoms with van der Waals surface area (Å²) in [7, 11) is 0. The van der Waals surface area contributed by atoms with E-state index in [1.807, 2.05) is 54.6 Å². The smallest absolute Gasteiger partial charge is 0.242 e. The molecule has 0 aromatic heterocycles. The Morgan fingerprint density at radius 2 is 1.35 bits per heavy atom. The topological polar surface area (TPSA) is 49.4 Å². The largest absolute Gasteiger partial charge is 0.350 e. The van der Waals surface area contributed by atoms with E-state index in [1.165, 1.54) is 0 Å². The lowest BCUT2D eigenvalue weighted by atomic mass is 10.1. The molecule has 0 heterocycles. The van der Waals surface area contributed by atoms with Gasteiger partial charge >= 0.3 is 0 Å². The van der Waals surface area contributed by atoms with Gasteiger partial charge in [0.25, 0.3) is 0 Å². The second-order valence-corrected chi connectivity index (χ2v) is 8.20. The molecule has 31 heavy (non-hydrogen) atoms. The van der Waals surface area contributed by atoms with Gasteiger partial charge in [0.1, 0.15) is 6.04 Å². The van der Waals surface area contributed by atoms with E-state index in [-0.39, 0.29) is 18.2 Å². The van der Waals surface area contributed by atoms with E-state index in [0.29, 0.717) is 23.1 Å². The molecular weight excluding hydrogens is 431 g/mol. The summed E-state index contributed by atoms with van der Waals surface area (Å²) in [5.74, 6) is -0.337. The summed E-state index contributed by atoms with van der Waals surface area (Å²) < 4.78 is 0. The predicted molar refractivity (Wildman–Crippen MR) is 125 cm³/mol. The molecule has 2 amide bonds. The fraction of sp³-hybridized carbons (Fsp3) is 0.200. The number of carbonyl (C=O) groups excluding carboxylic acids is 2. The summed E-state index contributed by atoms with van der Waals surface area (Å²) in [4.78, 5) is 27.6. The third kappa shape index (κ3) is 6.84. The third-order valence-electron chi connectivity index (χ3n) is 5.01. The SMILES string of the molecule is CC(C(=O)NCc1ccc(Cl)cc1)N(Cc1ccccc1)C(=O)Cc1ccc(Cl)cc1. The summed E-state index contributed by atoms with van der Waals surface area (Å²) in [5, 5.41) is 4.18. The van der Waals surface area contributed by atoms with Crippen molar-refractivity contribution in [2.75, 3.05) is 0 Å². The number of amides is 2. The van der Waals surface area contributed by atoms with Crippen molar-refractivity contribution in [2.24, 2.45) is 0 Å². The highest BCUT2D eigenvalue weighted by Gasteiger charge is 2.26. The molecule has 3 aromatic rings. The first kappa shape index (κ1) is 22.9. The molecular formula is C25H24Cl2N2O2. The molecule has 1 N–H and O–H groups in total. The minimum absolute atomic E-state index is 0.125. The van der Waals surface area contributed by atoms with E-state index >= 15 is 0 Å². The van der Waals surface area contributed by atoms with Crippen molar-refractivity contribution >= 4 is 35.0 Å². The summed E-state index contributed by atoms with van der Waals surface area (Å²) in [5.41, 5.74) is 2.75. The summed E-state index contributed by atoms with van der Waals surface area (Å²) >= 11 is 11.9. The quantitative estimate of drug-likeness (QED) is 0.503. The standard InChI is InChI=1S/C25H24Cl2N2O2/c1-18(25(31)28-16-20-9-13-23(27)14-10-20)29(17-21-5-3-2-4-6-21)24(30)15-19-7-11-22(26)12-8-19/h2-14,18H,15-17H2,1H3,(H,28,31). The predicted octanol–water partition coefficient (Wildman–Crippen LogP) is 5.27. The first-order valence-corrected chi connectivity index (χ1v) is 10.8. The zero-order chi connectivity index (χ0) is 22.2. The maximum absolute atomic E-state index is 13.2. The number of hydrogen-bond acceptors (Lipinski definition) is 2. The second-order valence-electron chi connectivity index (χ2n) is 7.33. The molecule has 3 aromatic carbocycles. The normalized spacial score (nSPS) is 11.6. The van der Waals surface area contributed by atoms with Crippen LogP contribution in [0.3, 0.4) is 0 Å². The number of nitrogens with zero attached hydrogens (tertiary/aromatic N) is 1. The van der Waals surface area contributed by atoms with E-state index in [0.717, 1.165) is 16.7 Å². The molecule has 1 unspecified atom stereocenters. The molecule has 0 aliphatic heterocycles. The van der Waals surface area contributed by atoms with Crippen molar-refractivity contribution in [3.05, 3.63) is 106 Å². The van der Waals surface area contributed by atoms with Crippen LogP contribution in [0.4, 0.5) is 0 Å². The number of rotatable bonds is 8. The van der Waals surface area contributed by atoms with Gasteiger partial charge in [-0.1, -0.05) is 77.8 Å². The molecule has 0 aliphatic rings. The molecule has 0 fully saturated rings. The summed E-state index contributed by atoms with van der Waals surface area (Å²) in [6.45, 7) is 2.47. The minimum atomic E-state index is -0.632. The van der Waals surface area contributed by atoms with E-state index < -0.39 is 6.04 Å². The lowest BCUT2D eigenvalue weighted by Gasteiger charge is -2.29. The van der Waals surface area contributed by atoms with Crippen molar-refractivity contribution in [2.45, 2.75) is 32.5 Å². The maximum Gasteiger partial charge on any atom is 0.242 e. The highest BCUT2D eigenvalue weighted by Crippen LogP contribution is 2.15. The molecule has 3 rings (SSSR count). The zero-order valence-corrected chi connectivity index (χ0v) is 18.7. The van der Waals surface area contributed by atoms with Crippen LogP contribution in [-0.4, -0.2) is 22.8 Å². The number of halogens is 2. The van der Waals surface area contributed by atoms with Gasteiger partial charge in [0.05, 0.1) is 6.42 Å². The second kappa shape index (κ2) is 11.0. The number of hydrogen-bond donors (Lipinski definition) is 1. The van der Waals surface area contributed by atoms with Crippen molar-refractivity contribution in [3.8, 4) is 0 Å². The van der Waals surface area contributed by atoms with Gasteiger partial charge in [0.15, 0.2) is 0 Å². The first-order valence-electron chi connectivity index (χ1n) is 10.0. The molecule has 0 aliphatic carbocycles. The van der Waals surface area contributed by atoms with Crippen LogP contribution in [0, 0.1) is 0 Å². The van der Waals surface area contributed by atoms with Crippen LogP contribution in [0.15, 0.2) is 78.9 Å². The molecule has 6 heteroatoms. The lowest BCUT2D eigenvalue weighted by Crippen LogP contribution is -2.47. The van der Waals surface area contributed by atoms with Crippen molar-refractivity contribution in [1.82, 2.24) is 10.2 Å². The molecule has 0 radical (unpaired) electrons. The Morgan fingerprint density at radius 1 is 0.806 bits per heavy atom. The van der Waals surface area contributed by atoms with Gasteiger partial charge < -0.3 is 10.2 Å². The average Bonchev–Trinajstić information content (AvgIpc) is 2.78. The number of carbonyl (C=O) groups is 2. The van der Waals surface area contributed by atoms with Crippen molar-refractivity contribution < 1.29 is 9.59 Å². The number of nitrogens with one attached hydrogen (secondary N) is 1. The van der Waals surface area contributed by atoms with Gasteiger partial charge in [-0.3, -0.25) is 9.59 Å². The van der Waals surface area contributed by atoms with Crippen LogP contribution >= 0.6 is 23.2 Å². The van der Waals surface area contributed by atoms with Gasteiger partial charge in [0, 0.05) is 23.1 Å².